The number of benzene rings is 1. The first kappa shape index (κ1) is 17.1. The molecule has 0 amide bonds. The fourth-order valence-electron chi connectivity index (χ4n) is 2.05. The maximum atomic E-state index is 12.1. The molecule has 0 N–H and O–H groups in total. The third-order valence-electron chi connectivity index (χ3n) is 3.35. The molecule has 0 fully saturated rings. The average Bonchev–Trinajstić information content (AvgIpc) is 3.12. The Labute approximate surface area is 152 Å². The van der Waals surface area contributed by atoms with E-state index in [1.807, 2.05) is 0 Å². The van der Waals surface area contributed by atoms with Crippen LogP contribution in [-0.4, -0.2) is 28.3 Å². The van der Waals surface area contributed by atoms with Gasteiger partial charge in [-0.1, -0.05) is 0 Å². The molecule has 128 valence electrons. The van der Waals surface area contributed by atoms with Crippen molar-refractivity contribution in [3.8, 4) is 17.2 Å². The zero-order chi connectivity index (χ0) is 17.8. The first-order chi connectivity index (χ1) is 12.1. The zero-order valence-corrected chi connectivity index (χ0v) is 15.1. The Bertz CT molecular complexity index is 880. The Morgan fingerprint density at radius 2 is 1.96 bits per heavy atom. The van der Waals surface area contributed by atoms with Gasteiger partial charge in [-0.25, -0.2) is 4.79 Å². The molecule has 0 saturated heterocycles. The molecule has 0 spiro atoms. The van der Waals surface area contributed by atoms with Crippen molar-refractivity contribution in [2.75, 3.05) is 7.11 Å². The second-order valence-electron chi connectivity index (χ2n) is 5.11. The van der Waals surface area contributed by atoms with E-state index in [1.54, 1.807) is 50.6 Å². The zero-order valence-electron chi connectivity index (χ0n) is 13.5. The Balaban J connectivity index is 1.71. The number of halogens is 1. The number of aromatic nitrogens is 3. The third kappa shape index (κ3) is 4.03. The standard InChI is InChI=1S/C17H14BrN3O4/c1-10(24-17(22)12-7-13(18)9-19-8-12)15-20-21-16(25-15)11-3-5-14(23-2)6-4-11/h3-10H,1-2H3/t10-/m0/s1. The molecule has 3 rings (SSSR count). The Morgan fingerprint density at radius 3 is 2.64 bits per heavy atom. The van der Waals surface area contributed by atoms with Gasteiger partial charge in [0.05, 0.1) is 12.7 Å². The summed E-state index contributed by atoms with van der Waals surface area (Å²) in [5.74, 6) is 0.755. The molecule has 2 heterocycles. The smallest absolute Gasteiger partial charge is 0.340 e. The van der Waals surface area contributed by atoms with Gasteiger partial charge in [0.25, 0.3) is 5.89 Å². The maximum Gasteiger partial charge on any atom is 0.340 e. The largest absolute Gasteiger partial charge is 0.497 e. The molecule has 0 aliphatic carbocycles. The van der Waals surface area contributed by atoms with Gasteiger partial charge in [0.15, 0.2) is 6.10 Å². The van der Waals surface area contributed by atoms with Crippen molar-refractivity contribution in [2.45, 2.75) is 13.0 Å². The summed E-state index contributed by atoms with van der Waals surface area (Å²) in [6.45, 7) is 1.66. The first-order valence-electron chi connectivity index (χ1n) is 7.36. The van der Waals surface area contributed by atoms with Crippen molar-refractivity contribution in [3.05, 3.63) is 58.7 Å². The minimum atomic E-state index is -0.689. The van der Waals surface area contributed by atoms with E-state index in [9.17, 15) is 4.79 Å². The van der Waals surface area contributed by atoms with E-state index in [4.69, 9.17) is 13.9 Å². The highest BCUT2D eigenvalue weighted by Gasteiger charge is 2.20. The fourth-order valence-corrected chi connectivity index (χ4v) is 2.42. The number of hydrogen-bond donors (Lipinski definition) is 0. The Kier molecular flexibility index (Phi) is 5.08. The van der Waals surface area contributed by atoms with Crippen LogP contribution in [0.5, 0.6) is 5.75 Å². The van der Waals surface area contributed by atoms with Gasteiger partial charge < -0.3 is 13.9 Å². The molecule has 2 aromatic heterocycles. The second-order valence-corrected chi connectivity index (χ2v) is 6.03. The van der Waals surface area contributed by atoms with Crippen molar-refractivity contribution in [1.82, 2.24) is 15.2 Å². The number of methoxy groups -OCH3 is 1. The van der Waals surface area contributed by atoms with Gasteiger partial charge in [0.1, 0.15) is 5.75 Å². The van der Waals surface area contributed by atoms with Gasteiger partial charge in [-0.3, -0.25) is 4.98 Å². The minimum absolute atomic E-state index is 0.210. The molecule has 0 saturated carbocycles. The van der Waals surface area contributed by atoms with E-state index in [-0.39, 0.29) is 5.89 Å². The van der Waals surface area contributed by atoms with Crippen LogP contribution < -0.4 is 4.74 Å². The van der Waals surface area contributed by atoms with Crippen LogP contribution in [0, 0.1) is 0 Å². The number of hydrogen-bond acceptors (Lipinski definition) is 7. The van der Waals surface area contributed by atoms with Gasteiger partial charge in [-0.15, -0.1) is 10.2 Å². The van der Waals surface area contributed by atoms with Gasteiger partial charge >= 0.3 is 5.97 Å². The van der Waals surface area contributed by atoms with Crippen molar-refractivity contribution in [3.63, 3.8) is 0 Å². The van der Waals surface area contributed by atoms with Crippen LogP contribution in [0.25, 0.3) is 11.5 Å². The lowest BCUT2D eigenvalue weighted by atomic mass is 10.2. The molecule has 1 aromatic carbocycles. The summed E-state index contributed by atoms with van der Waals surface area (Å²) in [4.78, 5) is 16.1. The van der Waals surface area contributed by atoms with E-state index in [0.29, 0.717) is 15.9 Å². The normalized spacial score (nSPS) is 11.8. The molecule has 0 radical (unpaired) electrons. The fraction of sp³-hybridized carbons (Fsp3) is 0.176. The lowest BCUT2D eigenvalue weighted by molar-refractivity contribution is 0.0279. The lowest BCUT2D eigenvalue weighted by Crippen LogP contribution is -2.10. The topological polar surface area (TPSA) is 87.3 Å². The highest BCUT2D eigenvalue weighted by atomic mass is 79.9. The molecule has 0 aliphatic heterocycles. The molecule has 1 atom stereocenters. The lowest BCUT2D eigenvalue weighted by Gasteiger charge is -2.09. The second kappa shape index (κ2) is 7.43. The number of ether oxygens (including phenoxy) is 2. The summed E-state index contributed by atoms with van der Waals surface area (Å²) < 4.78 is 16.7. The van der Waals surface area contributed by atoms with Crippen LogP contribution in [-0.2, 0) is 4.74 Å². The number of carbonyl (C=O) groups is 1. The monoisotopic (exact) mass is 403 g/mol. The molecule has 7 nitrogen and oxygen atoms in total. The van der Waals surface area contributed by atoms with E-state index in [2.05, 4.69) is 31.1 Å². The van der Waals surface area contributed by atoms with Crippen LogP contribution in [0.1, 0.15) is 29.3 Å². The van der Waals surface area contributed by atoms with Crippen LogP contribution in [0.2, 0.25) is 0 Å². The van der Waals surface area contributed by atoms with Gasteiger partial charge in [0, 0.05) is 22.4 Å². The number of nitrogens with zero attached hydrogens (tertiary/aromatic N) is 3. The van der Waals surface area contributed by atoms with Crippen molar-refractivity contribution >= 4 is 21.9 Å². The summed E-state index contributed by atoms with van der Waals surface area (Å²) in [7, 11) is 1.59. The SMILES string of the molecule is COc1ccc(-c2nnc([C@H](C)OC(=O)c3cncc(Br)c3)o2)cc1. The number of carbonyl (C=O) groups excluding carboxylic acids is 1. The predicted octanol–water partition coefficient (Wildman–Crippen LogP) is 3.82. The molecule has 8 heteroatoms. The Morgan fingerprint density at radius 1 is 1.20 bits per heavy atom. The van der Waals surface area contributed by atoms with E-state index in [0.717, 1.165) is 11.3 Å². The predicted molar refractivity (Wildman–Crippen MR) is 92.1 cm³/mol. The van der Waals surface area contributed by atoms with Crippen molar-refractivity contribution < 1.29 is 18.7 Å². The molecule has 0 bridgehead atoms. The summed E-state index contributed by atoms with van der Waals surface area (Å²) >= 11 is 3.26. The summed E-state index contributed by atoms with van der Waals surface area (Å²) in [6.07, 6.45) is 2.32. The molecule has 0 unspecified atom stereocenters. The van der Waals surface area contributed by atoms with Gasteiger partial charge in [0.2, 0.25) is 5.89 Å². The van der Waals surface area contributed by atoms with Gasteiger partial charge in [-0.2, -0.15) is 0 Å². The first-order valence-corrected chi connectivity index (χ1v) is 8.15. The summed E-state index contributed by atoms with van der Waals surface area (Å²) in [5.41, 5.74) is 1.07. The van der Waals surface area contributed by atoms with Crippen LogP contribution in [0.15, 0.2) is 51.6 Å². The highest BCUT2D eigenvalue weighted by Crippen LogP contribution is 2.25. The summed E-state index contributed by atoms with van der Waals surface area (Å²) in [5, 5.41) is 7.94. The van der Waals surface area contributed by atoms with Crippen LogP contribution in [0.3, 0.4) is 0 Å². The summed E-state index contributed by atoms with van der Waals surface area (Å²) in [6, 6.07) is 8.82. The molecular weight excluding hydrogens is 390 g/mol. The molecule has 0 aliphatic rings. The number of rotatable bonds is 5. The molecule has 3 aromatic rings. The van der Waals surface area contributed by atoms with Crippen LogP contribution >= 0.6 is 15.9 Å². The molecular formula is C17H14BrN3O4. The minimum Gasteiger partial charge on any atom is -0.497 e. The highest BCUT2D eigenvalue weighted by molar-refractivity contribution is 9.10. The van der Waals surface area contributed by atoms with Crippen molar-refractivity contribution in [2.24, 2.45) is 0 Å². The average molecular weight is 404 g/mol. The quantitative estimate of drug-likeness (QED) is 0.598. The van der Waals surface area contributed by atoms with E-state index in [1.165, 1.54) is 6.20 Å². The number of pyridine rings is 1. The Hall–Kier alpha value is -2.74. The third-order valence-corrected chi connectivity index (χ3v) is 3.78. The van der Waals surface area contributed by atoms with Crippen molar-refractivity contribution in [1.29, 1.82) is 0 Å². The van der Waals surface area contributed by atoms with E-state index >= 15 is 0 Å². The maximum absolute atomic E-state index is 12.1. The van der Waals surface area contributed by atoms with E-state index < -0.39 is 12.1 Å². The molecule has 25 heavy (non-hydrogen) atoms. The van der Waals surface area contributed by atoms with Crippen LogP contribution in [0.4, 0.5) is 0 Å². The van der Waals surface area contributed by atoms with Gasteiger partial charge in [-0.05, 0) is 53.2 Å². The number of esters is 1.